The van der Waals surface area contributed by atoms with Gasteiger partial charge in [-0.3, -0.25) is 9.59 Å². The van der Waals surface area contributed by atoms with Gasteiger partial charge in [0.15, 0.2) is 0 Å². The third-order valence-electron chi connectivity index (χ3n) is 3.86. The van der Waals surface area contributed by atoms with E-state index in [1.165, 1.54) is 6.07 Å². The van der Waals surface area contributed by atoms with E-state index in [1.54, 1.807) is 19.0 Å². The van der Waals surface area contributed by atoms with Gasteiger partial charge >= 0.3 is 6.18 Å². The van der Waals surface area contributed by atoms with Gasteiger partial charge in [-0.2, -0.15) is 13.2 Å². The van der Waals surface area contributed by atoms with E-state index in [4.69, 9.17) is 0 Å². The van der Waals surface area contributed by atoms with E-state index in [2.05, 4.69) is 10.6 Å². The molecule has 0 spiro atoms. The van der Waals surface area contributed by atoms with E-state index in [1.807, 2.05) is 0 Å². The zero-order valence-electron chi connectivity index (χ0n) is 13.5. The van der Waals surface area contributed by atoms with Crippen LogP contribution in [-0.4, -0.2) is 32.0 Å². The maximum atomic E-state index is 12.9. The van der Waals surface area contributed by atoms with Gasteiger partial charge in [-0.15, -0.1) is 0 Å². The van der Waals surface area contributed by atoms with Gasteiger partial charge < -0.3 is 15.5 Å². The number of alkyl halides is 3. The molecule has 1 aliphatic rings. The second-order valence-corrected chi connectivity index (χ2v) is 5.98. The minimum Gasteiger partial charge on any atom is -0.376 e. The molecule has 2 rings (SSSR count). The van der Waals surface area contributed by atoms with Crippen molar-refractivity contribution >= 4 is 23.2 Å². The van der Waals surface area contributed by atoms with Gasteiger partial charge in [-0.1, -0.05) is 6.42 Å². The molecule has 0 bridgehead atoms. The number of nitrogens with zero attached hydrogens (tertiary/aromatic N) is 1. The molecule has 0 aliphatic carbocycles. The van der Waals surface area contributed by atoms with Crippen LogP contribution in [0.2, 0.25) is 0 Å². The molecule has 0 saturated carbocycles. The second kappa shape index (κ2) is 7.11. The fraction of sp³-hybridized carbons (Fsp3) is 0.500. The predicted molar refractivity (Wildman–Crippen MR) is 84.8 cm³/mol. The number of carbonyl (C=O) groups is 2. The molecule has 2 amide bonds. The van der Waals surface area contributed by atoms with Crippen LogP contribution >= 0.6 is 0 Å². The first-order chi connectivity index (χ1) is 11.2. The van der Waals surface area contributed by atoms with Crippen LogP contribution in [0.5, 0.6) is 0 Å². The molecule has 8 heteroatoms. The van der Waals surface area contributed by atoms with Crippen LogP contribution in [0, 0.1) is 0 Å². The van der Waals surface area contributed by atoms with Gasteiger partial charge in [0.1, 0.15) is 6.04 Å². The SMILES string of the molecule is CN(C)c1ccc(C(F)(F)F)cc1NC(=O)C1CCCCC(=O)N1. The number of carbonyl (C=O) groups excluding carboxylic acids is 2. The van der Waals surface area contributed by atoms with Crippen LogP contribution in [0.4, 0.5) is 24.5 Å². The van der Waals surface area contributed by atoms with Crippen LogP contribution < -0.4 is 15.5 Å². The molecule has 1 unspecified atom stereocenters. The van der Waals surface area contributed by atoms with E-state index < -0.39 is 23.7 Å². The third-order valence-corrected chi connectivity index (χ3v) is 3.86. The van der Waals surface area contributed by atoms with Crippen LogP contribution in [0.15, 0.2) is 18.2 Å². The van der Waals surface area contributed by atoms with Crippen LogP contribution in [0.3, 0.4) is 0 Å². The van der Waals surface area contributed by atoms with E-state index in [9.17, 15) is 22.8 Å². The Morgan fingerprint density at radius 3 is 2.62 bits per heavy atom. The molecule has 1 fully saturated rings. The minimum atomic E-state index is -4.50. The molecule has 0 radical (unpaired) electrons. The Balaban J connectivity index is 2.25. The first-order valence-electron chi connectivity index (χ1n) is 7.67. The monoisotopic (exact) mass is 343 g/mol. The number of hydrogen-bond acceptors (Lipinski definition) is 3. The number of benzene rings is 1. The average Bonchev–Trinajstić information content (AvgIpc) is 2.70. The summed E-state index contributed by atoms with van der Waals surface area (Å²) in [6.07, 6.45) is -2.27. The highest BCUT2D eigenvalue weighted by molar-refractivity contribution is 5.99. The Labute approximate surface area is 138 Å². The molecule has 1 aromatic carbocycles. The molecule has 1 saturated heterocycles. The van der Waals surface area contributed by atoms with Gasteiger partial charge in [0.2, 0.25) is 11.8 Å². The lowest BCUT2D eigenvalue weighted by Gasteiger charge is -2.22. The number of rotatable bonds is 3. The zero-order chi connectivity index (χ0) is 17.9. The smallest absolute Gasteiger partial charge is 0.376 e. The third kappa shape index (κ3) is 4.39. The number of halogens is 3. The molecule has 1 aromatic rings. The summed E-state index contributed by atoms with van der Waals surface area (Å²) in [6, 6.07) is 2.46. The lowest BCUT2D eigenvalue weighted by molar-refractivity contribution is -0.137. The maximum Gasteiger partial charge on any atom is 0.416 e. The maximum absolute atomic E-state index is 12.9. The molecular weight excluding hydrogens is 323 g/mol. The molecule has 5 nitrogen and oxygen atoms in total. The summed E-state index contributed by atoms with van der Waals surface area (Å²) in [5, 5.41) is 5.13. The van der Waals surface area contributed by atoms with Crippen molar-refractivity contribution < 1.29 is 22.8 Å². The molecular formula is C16H20F3N3O2. The first-order valence-corrected chi connectivity index (χ1v) is 7.67. The van der Waals surface area contributed by atoms with Crippen LogP contribution in [0.1, 0.15) is 31.2 Å². The number of amides is 2. The molecule has 1 heterocycles. The summed E-state index contributed by atoms with van der Waals surface area (Å²) in [5.74, 6) is -0.725. The van der Waals surface area contributed by atoms with Gasteiger partial charge in [0.05, 0.1) is 16.9 Å². The van der Waals surface area contributed by atoms with Crippen molar-refractivity contribution in [2.45, 2.75) is 37.9 Å². The van der Waals surface area contributed by atoms with Crippen molar-refractivity contribution in [1.29, 1.82) is 0 Å². The van der Waals surface area contributed by atoms with E-state index in [-0.39, 0.29) is 11.6 Å². The predicted octanol–water partition coefficient (Wildman–Crippen LogP) is 2.77. The Bertz CT molecular complexity index is 629. The van der Waals surface area contributed by atoms with Crippen molar-refractivity contribution in [1.82, 2.24) is 5.32 Å². The Morgan fingerprint density at radius 2 is 2.00 bits per heavy atom. The van der Waals surface area contributed by atoms with Crippen molar-refractivity contribution in [2.24, 2.45) is 0 Å². The summed E-state index contributed by atoms with van der Waals surface area (Å²) in [7, 11) is 3.34. The second-order valence-electron chi connectivity index (χ2n) is 5.98. The summed E-state index contributed by atoms with van der Waals surface area (Å²) in [4.78, 5) is 25.6. The fourth-order valence-electron chi connectivity index (χ4n) is 2.59. The number of anilines is 2. The summed E-state index contributed by atoms with van der Waals surface area (Å²) in [5.41, 5.74) is -0.317. The average molecular weight is 343 g/mol. The summed E-state index contributed by atoms with van der Waals surface area (Å²) >= 11 is 0. The van der Waals surface area contributed by atoms with Crippen LogP contribution in [-0.2, 0) is 15.8 Å². The molecule has 2 N–H and O–H groups in total. The largest absolute Gasteiger partial charge is 0.416 e. The highest BCUT2D eigenvalue weighted by Crippen LogP contribution is 2.35. The topological polar surface area (TPSA) is 61.4 Å². The van der Waals surface area contributed by atoms with Gasteiger partial charge in [-0.25, -0.2) is 0 Å². The Morgan fingerprint density at radius 1 is 1.29 bits per heavy atom. The highest BCUT2D eigenvalue weighted by atomic mass is 19.4. The zero-order valence-corrected chi connectivity index (χ0v) is 13.5. The highest BCUT2D eigenvalue weighted by Gasteiger charge is 2.32. The number of hydrogen-bond donors (Lipinski definition) is 2. The first kappa shape index (κ1) is 18.1. The molecule has 0 aromatic heterocycles. The molecule has 24 heavy (non-hydrogen) atoms. The van der Waals surface area contributed by atoms with Gasteiger partial charge in [0.25, 0.3) is 0 Å². The lowest BCUT2D eigenvalue weighted by Crippen LogP contribution is -2.42. The standard InChI is InChI=1S/C16H20F3N3O2/c1-22(2)13-8-7-10(16(17,18)19)9-12(13)21-15(24)11-5-3-4-6-14(23)20-11/h7-9,11H,3-6H2,1-2H3,(H,20,23)(H,21,24). The van der Waals surface area contributed by atoms with Crippen molar-refractivity contribution in [3.8, 4) is 0 Å². The van der Waals surface area contributed by atoms with E-state index in [0.717, 1.165) is 12.1 Å². The van der Waals surface area contributed by atoms with Crippen molar-refractivity contribution in [2.75, 3.05) is 24.3 Å². The Kier molecular flexibility index (Phi) is 5.36. The fourth-order valence-corrected chi connectivity index (χ4v) is 2.59. The molecule has 1 atom stereocenters. The lowest BCUT2D eigenvalue weighted by atomic mass is 10.1. The molecule has 1 aliphatic heterocycles. The van der Waals surface area contributed by atoms with Gasteiger partial charge in [-0.05, 0) is 31.0 Å². The summed E-state index contributed by atoms with van der Waals surface area (Å²) < 4.78 is 38.7. The summed E-state index contributed by atoms with van der Waals surface area (Å²) in [6.45, 7) is 0. The Hall–Kier alpha value is -2.25. The number of nitrogens with one attached hydrogen (secondary N) is 2. The van der Waals surface area contributed by atoms with Gasteiger partial charge in [0, 0.05) is 20.5 Å². The minimum absolute atomic E-state index is 0.0679. The van der Waals surface area contributed by atoms with Crippen LogP contribution in [0.25, 0.3) is 0 Å². The normalized spacial score (nSPS) is 18.5. The quantitative estimate of drug-likeness (QED) is 0.887. The van der Waals surface area contributed by atoms with Crippen molar-refractivity contribution in [3.05, 3.63) is 23.8 Å². The van der Waals surface area contributed by atoms with E-state index in [0.29, 0.717) is 31.4 Å². The van der Waals surface area contributed by atoms with Crippen molar-refractivity contribution in [3.63, 3.8) is 0 Å². The van der Waals surface area contributed by atoms with E-state index >= 15 is 0 Å². The molecule has 132 valence electrons.